The molecule has 2 aliphatic heterocycles. The molecule has 26 heavy (non-hydrogen) atoms. The van der Waals surface area contributed by atoms with E-state index in [9.17, 15) is 0 Å². The molecule has 0 bridgehead atoms. The van der Waals surface area contributed by atoms with Crippen LogP contribution in [0.5, 0.6) is 5.75 Å². The third-order valence-electron chi connectivity index (χ3n) is 4.92. The molecule has 5 rings (SSSR count). The quantitative estimate of drug-likeness (QED) is 0.499. The summed E-state index contributed by atoms with van der Waals surface area (Å²) in [5, 5.41) is 9.22. The van der Waals surface area contributed by atoms with Crippen molar-refractivity contribution < 1.29 is 4.74 Å². The Morgan fingerprint density at radius 1 is 1.15 bits per heavy atom. The van der Waals surface area contributed by atoms with E-state index in [1.807, 2.05) is 6.07 Å². The van der Waals surface area contributed by atoms with Gasteiger partial charge >= 0.3 is 0 Å². The van der Waals surface area contributed by atoms with Crippen molar-refractivity contribution in [1.29, 1.82) is 0 Å². The van der Waals surface area contributed by atoms with Crippen molar-refractivity contribution in [3.8, 4) is 5.75 Å². The number of hydrogen-bond acceptors (Lipinski definition) is 4. The van der Waals surface area contributed by atoms with Crippen molar-refractivity contribution in [2.75, 3.05) is 0 Å². The number of nitrogens with zero attached hydrogens (tertiary/aromatic N) is 2. The van der Waals surface area contributed by atoms with Gasteiger partial charge < -0.3 is 4.74 Å². The van der Waals surface area contributed by atoms with Gasteiger partial charge in [-0.2, -0.15) is 5.10 Å². The number of rotatable bonds is 2. The first-order chi connectivity index (χ1) is 12.7. The number of hydrazone groups is 1. The Morgan fingerprint density at radius 2 is 2.00 bits per heavy atom. The van der Waals surface area contributed by atoms with Gasteiger partial charge in [-0.25, -0.2) is 5.01 Å². The van der Waals surface area contributed by atoms with Crippen molar-refractivity contribution in [1.82, 2.24) is 5.01 Å². The predicted octanol–water partition coefficient (Wildman–Crippen LogP) is 6.06. The van der Waals surface area contributed by atoms with Crippen LogP contribution in [0.1, 0.15) is 40.3 Å². The number of hydrogen-bond donors (Lipinski definition) is 0. The van der Waals surface area contributed by atoms with Gasteiger partial charge in [0.05, 0.1) is 16.6 Å². The van der Waals surface area contributed by atoms with Crippen LogP contribution in [0.3, 0.4) is 0 Å². The Bertz CT molecular complexity index is 982. The standard InChI is InChI=1S/C21H17BrN2OS/c1-13-4-6-14(7-5-13)21-24-18(12-17(23-24)20-3-2-10-26-20)16-11-15(22)8-9-19(16)25-21/h2-11,18,21H,12H2,1H3/t18-,21+/m0/s1. The van der Waals surface area contributed by atoms with E-state index in [2.05, 4.69) is 81.8 Å². The van der Waals surface area contributed by atoms with Crippen LogP contribution in [0, 0.1) is 6.92 Å². The van der Waals surface area contributed by atoms with Crippen molar-refractivity contribution in [2.45, 2.75) is 25.6 Å². The Balaban J connectivity index is 1.61. The molecule has 0 saturated carbocycles. The highest BCUT2D eigenvalue weighted by Gasteiger charge is 2.41. The lowest BCUT2D eigenvalue weighted by molar-refractivity contribution is -0.0190. The number of benzene rings is 2. The normalized spacial score (nSPS) is 21.0. The monoisotopic (exact) mass is 424 g/mol. The number of aryl methyl sites for hydroxylation is 1. The molecule has 0 spiro atoms. The molecule has 2 aromatic carbocycles. The van der Waals surface area contributed by atoms with E-state index in [1.165, 1.54) is 16.0 Å². The van der Waals surface area contributed by atoms with E-state index in [0.717, 1.165) is 27.9 Å². The minimum atomic E-state index is -0.202. The molecule has 0 aliphatic carbocycles. The third-order valence-corrected chi connectivity index (χ3v) is 6.33. The average molecular weight is 425 g/mol. The van der Waals surface area contributed by atoms with Crippen LogP contribution in [0.25, 0.3) is 0 Å². The molecule has 0 saturated heterocycles. The zero-order chi connectivity index (χ0) is 17.7. The number of fused-ring (bicyclic) bond motifs is 3. The lowest BCUT2D eigenvalue weighted by atomic mass is 9.97. The van der Waals surface area contributed by atoms with Crippen molar-refractivity contribution >= 4 is 33.0 Å². The van der Waals surface area contributed by atoms with Gasteiger partial charge in [-0.1, -0.05) is 51.8 Å². The van der Waals surface area contributed by atoms with E-state index >= 15 is 0 Å². The molecule has 3 nitrogen and oxygen atoms in total. The Labute approximate surface area is 165 Å². The maximum Gasteiger partial charge on any atom is 0.213 e. The first kappa shape index (κ1) is 16.1. The van der Waals surface area contributed by atoms with Crippen molar-refractivity contribution in [2.24, 2.45) is 5.10 Å². The molecule has 1 aromatic heterocycles. The van der Waals surface area contributed by atoms with E-state index < -0.39 is 0 Å². The molecule has 2 aliphatic rings. The van der Waals surface area contributed by atoms with Crippen LogP contribution in [-0.4, -0.2) is 10.7 Å². The number of ether oxygens (including phenoxy) is 1. The molecule has 0 unspecified atom stereocenters. The summed E-state index contributed by atoms with van der Waals surface area (Å²) in [4.78, 5) is 1.23. The summed E-state index contributed by atoms with van der Waals surface area (Å²) in [5.74, 6) is 0.947. The van der Waals surface area contributed by atoms with Gasteiger partial charge in [-0.3, -0.25) is 0 Å². The third kappa shape index (κ3) is 2.66. The lowest BCUT2D eigenvalue weighted by Gasteiger charge is -2.38. The van der Waals surface area contributed by atoms with Crippen molar-refractivity contribution in [3.63, 3.8) is 0 Å². The second-order valence-corrected chi connectivity index (χ2v) is 8.55. The van der Waals surface area contributed by atoms with Gasteiger partial charge in [-0.05, 0) is 36.6 Å². The van der Waals surface area contributed by atoms with Crippen LogP contribution >= 0.6 is 27.3 Å². The van der Waals surface area contributed by atoms with Gasteiger partial charge in [0.25, 0.3) is 0 Å². The van der Waals surface area contributed by atoms with Gasteiger partial charge in [0.1, 0.15) is 5.75 Å². The highest BCUT2D eigenvalue weighted by atomic mass is 79.9. The Hall–Kier alpha value is -2.11. The second-order valence-electron chi connectivity index (χ2n) is 6.69. The van der Waals surface area contributed by atoms with Gasteiger partial charge in [-0.15, -0.1) is 11.3 Å². The zero-order valence-corrected chi connectivity index (χ0v) is 16.6. The summed E-state index contributed by atoms with van der Waals surface area (Å²) in [6, 6.07) is 19.2. The summed E-state index contributed by atoms with van der Waals surface area (Å²) in [5.41, 5.74) is 4.71. The fourth-order valence-electron chi connectivity index (χ4n) is 3.60. The van der Waals surface area contributed by atoms with Crippen LogP contribution in [0.15, 0.2) is 69.6 Å². The van der Waals surface area contributed by atoms with Crippen LogP contribution < -0.4 is 4.74 Å². The molecule has 130 valence electrons. The molecule has 3 aromatic rings. The van der Waals surface area contributed by atoms with E-state index in [0.29, 0.717) is 0 Å². The topological polar surface area (TPSA) is 24.8 Å². The fourth-order valence-corrected chi connectivity index (χ4v) is 4.70. The number of thiophene rings is 1. The van der Waals surface area contributed by atoms with Gasteiger partial charge in [0, 0.05) is 22.0 Å². The highest BCUT2D eigenvalue weighted by Crippen LogP contribution is 2.48. The maximum atomic E-state index is 6.39. The average Bonchev–Trinajstić information content (AvgIpc) is 3.32. The fraction of sp³-hybridized carbons (Fsp3) is 0.190. The Kier molecular flexibility index (Phi) is 3.87. The Morgan fingerprint density at radius 3 is 2.77 bits per heavy atom. The molecule has 0 N–H and O–H groups in total. The van der Waals surface area contributed by atoms with Crippen LogP contribution in [-0.2, 0) is 0 Å². The van der Waals surface area contributed by atoms with Gasteiger partial charge in [0.15, 0.2) is 0 Å². The zero-order valence-electron chi connectivity index (χ0n) is 14.2. The molecule has 3 heterocycles. The maximum absolute atomic E-state index is 6.39. The van der Waals surface area contributed by atoms with E-state index in [-0.39, 0.29) is 12.3 Å². The minimum absolute atomic E-state index is 0.194. The highest BCUT2D eigenvalue weighted by molar-refractivity contribution is 9.10. The summed E-state index contributed by atoms with van der Waals surface area (Å²) in [7, 11) is 0. The largest absolute Gasteiger partial charge is 0.464 e. The number of halogens is 1. The predicted molar refractivity (Wildman–Crippen MR) is 109 cm³/mol. The molecule has 0 fully saturated rings. The first-order valence-electron chi connectivity index (χ1n) is 8.61. The van der Waals surface area contributed by atoms with Gasteiger partial charge in [0.2, 0.25) is 6.23 Å². The van der Waals surface area contributed by atoms with Crippen LogP contribution in [0.4, 0.5) is 0 Å². The molecule has 5 heteroatoms. The SMILES string of the molecule is Cc1ccc([C@H]2Oc3ccc(Br)cc3[C@@H]3CC(c4cccs4)=NN23)cc1. The van der Waals surface area contributed by atoms with E-state index in [4.69, 9.17) is 9.84 Å². The molecule has 2 atom stereocenters. The minimum Gasteiger partial charge on any atom is -0.464 e. The molecular weight excluding hydrogens is 408 g/mol. The van der Waals surface area contributed by atoms with E-state index in [1.54, 1.807) is 11.3 Å². The lowest BCUT2D eigenvalue weighted by Crippen LogP contribution is -2.33. The smallest absolute Gasteiger partial charge is 0.213 e. The summed E-state index contributed by atoms with van der Waals surface area (Å²) in [6.07, 6.45) is 0.696. The first-order valence-corrected chi connectivity index (χ1v) is 10.3. The molecule has 0 amide bonds. The van der Waals surface area contributed by atoms with Crippen molar-refractivity contribution in [3.05, 3.63) is 86.0 Å². The summed E-state index contributed by atoms with van der Waals surface area (Å²) < 4.78 is 7.46. The summed E-state index contributed by atoms with van der Waals surface area (Å²) in [6.45, 7) is 2.10. The second kappa shape index (κ2) is 6.25. The molecular formula is C21H17BrN2OS. The summed E-state index contributed by atoms with van der Waals surface area (Å²) >= 11 is 5.34. The molecule has 0 radical (unpaired) electrons. The van der Waals surface area contributed by atoms with Crippen LogP contribution in [0.2, 0.25) is 0 Å².